The predicted octanol–water partition coefficient (Wildman–Crippen LogP) is 10.9. The summed E-state index contributed by atoms with van der Waals surface area (Å²) in [6, 6.07) is 0. The van der Waals surface area contributed by atoms with E-state index in [1.54, 1.807) is 0 Å². The van der Waals surface area contributed by atoms with Gasteiger partial charge in [-0.15, -0.1) is 0 Å². The molecule has 0 aromatic carbocycles. The highest BCUT2D eigenvalue weighted by molar-refractivity contribution is 5.80. The molecule has 0 bridgehead atoms. The van der Waals surface area contributed by atoms with Crippen molar-refractivity contribution >= 4 is 28.6 Å². The molecule has 0 saturated carbocycles. The molecule has 3 N–H and O–H groups in total. The molecule has 0 saturated heterocycles. The lowest BCUT2D eigenvalue weighted by molar-refractivity contribution is 0.0857. The van der Waals surface area contributed by atoms with Crippen LogP contribution in [0.5, 0.6) is 0 Å². The van der Waals surface area contributed by atoms with Crippen molar-refractivity contribution in [3.63, 3.8) is 0 Å². The molecule has 0 aromatic rings. The number of hydrogen-bond acceptors (Lipinski definition) is 9. The number of hydrogen-bond donors (Lipinski definition) is 3. The molecule has 0 aliphatic rings. The van der Waals surface area contributed by atoms with E-state index in [9.17, 15) is 0 Å². The van der Waals surface area contributed by atoms with E-state index in [-0.39, 0.29) is 17.2 Å². The SMILES string of the molecule is C=C(CN=C(C)C)C(C)C.C=C(CN=C(C)C)NC(C)(C)C.C=C(CN=C(C)C)NNC(C)(C)C.CC(C)=NCC(C)C.CC(C)=NOC(C)C. The van der Waals surface area contributed by atoms with Crippen LogP contribution in [0.4, 0.5) is 0 Å². The summed E-state index contributed by atoms with van der Waals surface area (Å²) in [6.45, 7) is 59.7. The minimum atomic E-state index is 0.0495. The van der Waals surface area contributed by atoms with Gasteiger partial charge in [-0.1, -0.05) is 58.2 Å². The fourth-order valence-corrected chi connectivity index (χ4v) is 2.41. The van der Waals surface area contributed by atoms with E-state index in [1.165, 1.54) is 11.3 Å². The number of oxime groups is 1. The zero-order valence-corrected chi connectivity index (χ0v) is 37.8. The Balaban J connectivity index is -0.000000175. The molecule has 0 rings (SSSR count). The Kier molecular flexibility index (Phi) is 36.9. The summed E-state index contributed by atoms with van der Waals surface area (Å²) in [6.07, 6.45) is 0.199. The Morgan fingerprint density at radius 3 is 1.20 bits per heavy atom. The van der Waals surface area contributed by atoms with Crippen LogP contribution >= 0.6 is 0 Å². The lowest BCUT2D eigenvalue weighted by atomic mass is 10.1. The molecule has 0 unspecified atom stereocenters. The maximum Gasteiger partial charge on any atom is 0.122 e. The molecule has 0 atom stereocenters. The average Bonchev–Trinajstić information content (AvgIpc) is 2.94. The Hall–Kier alpha value is -3.07. The van der Waals surface area contributed by atoms with Crippen molar-refractivity contribution in [3.8, 4) is 0 Å². The van der Waals surface area contributed by atoms with Crippen LogP contribution in [0.15, 0.2) is 61.8 Å². The van der Waals surface area contributed by atoms with Gasteiger partial charge in [0.25, 0.3) is 0 Å². The molecule has 0 heterocycles. The van der Waals surface area contributed by atoms with Crippen LogP contribution in [0.1, 0.15) is 152 Å². The van der Waals surface area contributed by atoms with E-state index >= 15 is 0 Å². The van der Waals surface area contributed by atoms with Crippen molar-refractivity contribution in [1.82, 2.24) is 16.2 Å². The average molecular weight is 719 g/mol. The predicted molar refractivity (Wildman–Crippen MR) is 236 cm³/mol. The first kappa shape index (κ1) is 57.3. The second kappa shape index (κ2) is 32.8. The summed E-state index contributed by atoms with van der Waals surface area (Å²) < 4.78 is 0. The quantitative estimate of drug-likeness (QED) is 0.0944. The summed E-state index contributed by atoms with van der Waals surface area (Å²) in [5.41, 5.74) is 14.8. The molecule has 300 valence electrons. The lowest BCUT2D eigenvalue weighted by Gasteiger charge is -2.22. The van der Waals surface area contributed by atoms with Crippen molar-refractivity contribution in [2.75, 3.05) is 26.2 Å². The van der Waals surface area contributed by atoms with Crippen LogP contribution in [0.2, 0.25) is 0 Å². The van der Waals surface area contributed by atoms with Gasteiger partial charge in [-0.3, -0.25) is 20.0 Å². The maximum atomic E-state index is 4.89. The largest absolute Gasteiger partial charge is 0.393 e. The first-order valence-electron chi connectivity index (χ1n) is 18.3. The Bertz CT molecular complexity index is 1050. The molecule has 9 nitrogen and oxygen atoms in total. The van der Waals surface area contributed by atoms with Gasteiger partial charge in [0.1, 0.15) is 6.10 Å². The number of aliphatic imine (C=N–C) groups is 4. The minimum absolute atomic E-state index is 0.0495. The van der Waals surface area contributed by atoms with E-state index < -0.39 is 0 Å². The smallest absolute Gasteiger partial charge is 0.122 e. The zero-order chi connectivity index (χ0) is 41.5. The molecule has 0 aromatic heterocycles. The summed E-state index contributed by atoms with van der Waals surface area (Å²) in [4.78, 5) is 21.9. The Morgan fingerprint density at radius 2 is 0.941 bits per heavy atom. The van der Waals surface area contributed by atoms with Gasteiger partial charge in [0.05, 0.1) is 25.3 Å². The summed E-state index contributed by atoms with van der Waals surface area (Å²) in [5, 5.41) is 7.01. The molecule has 9 heteroatoms. The van der Waals surface area contributed by atoms with Gasteiger partial charge < -0.3 is 15.6 Å². The van der Waals surface area contributed by atoms with Crippen LogP contribution in [-0.4, -0.2) is 71.9 Å². The van der Waals surface area contributed by atoms with Gasteiger partial charge in [-0.25, -0.2) is 5.43 Å². The first-order valence-corrected chi connectivity index (χ1v) is 18.3. The van der Waals surface area contributed by atoms with E-state index in [0.29, 0.717) is 24.9 Å². The molecular weight excluding hydrogens is 633 g/mol. The lowest BCUT2D eigenvalue weighted by Crippen LogP contribution is -2.45. The van der Waals surface area contributed by atoms with Gasteiger partial charge in [-0.2, -0.15) is 0 Å². The highest BCUT2D eigenvalue weighted by Gasteiger charge is 2.09. The molecule has 51 heavy (non-hydrogen) atoms. The van der Waals surface area contributed by atoms with Gasteiger partial charge in [0, 0.05) is 51.9 Å². The second-order valence-corrected chi connectivity index (χ2v) is 16.6. The third kappa shape index (κ3) is 69.5. The van der Waals surface area contributed by atoms with Gasteiger partial charge in [-0.05, 0) is 136 Å². The van der Waals surface area contributed by atoms with E-state index in [1.807, 2.05) is 83.1 Å². The number of nitrogens with one attached hydrogen (secondary N) is 3. The number of hydrazine groups is 1. The molecule has 0 spiro atoms. The standard InChI is InChI=1S/C10H21N3.C10H20N2.C9H17N.C7H15N.C6H13NO/c1-8(2)11-7-9(3)12-13-10(4,5)6;1-8(2)11-7-9(3)12-10(4,5)6;1-7(2)9(5)6-10-8(3)4;1-6(2)5-8-7(3)4;1-5(2)7-8-6(3)4/h12-13H,3,7H2,1-2,4-6H3;12H,3,7H2,1-2,4-6H3;7H,5-6H2,1-4H3;6H,5H2,1-4H3;6H,1-4H3. The molecule has 0 aliphatic heterocycles. The van der Waals surface area contributed by atoms with Crippen LogP contribution in [0.25, 0.3) is 0 Å². The van der Waals surface area contributed by atoms with Gasteiger partial charge >= 0.3 is 0 Å². The van der Waals surface area contributed by atoms with Gasteiger partial charge in [0.15, 0.2) is 0 Å². The zero-order valence-electron chi connectivity index (χ0n) is 37.8. The second-order valence-electron chi connectivity index (χ2n) is 16.6. The van der Waals surface area contributed by atoms with E-state index in [4.69, 9.17) is 4.84 Å². The third-order valence-electron chi connectivity index (χ3n) is 4.97. The van der Waals surface area contributed by atoms with Crippen molar-refractivity contribution in [2.45, 2.75) is 170 Å². The summed E-state index contributed by atoms with van der Waals surface area (Å²) in [7, 11) is 0. The van der Waals surface area contributed by atoms with Crippen LogP contribution in [-0.2, 0) is 4.84 Å². The molecule has 0 amide bonds. The van der Waals surface area contributed by atoms with Crippen molar-refractivity contribution < 1.29 is 4.84 Å². The first-order chi connectivity index (χ1) is 22.9. The fraction of sp³-hybridized carbons (Fsp3) is 0.738. The normalized spacial score (nSPS) is 10.1. The van der Waals surface area contributed by atoms with Crippen LogP contribution in [0.3, 0.4) is 0 Å². The topological polar surface area (TPSA) is 107 Å². The summed E-state index contributed by atoms with van der Waals surface area (Å²) >= 11 is 0. The highest BCUT2D eigenvalue weighted by Crippen LogP contribution is 2.06. The van der Waals surface area contributed by atoms with Crippen molar-refractivity contribution in [1.29, 1.82) is 0 Å². The van der Waals surface area contributed by atoms with Gasteiger partial charge in [0.2, 0.25) is 0 Å². The summed E-state index contributed by atoms with van der Waals surface area (Å²) in [5.74, 6) is 1.26. The minimum Gasteiger partial charge on any atom is -0.393 e. The molecule has 0 fully saturated rings. The monoisotopic (exact) mass is 719 g/mol. The Morgan fingerprint density at radius 1 is 0.549 bits per heavy atom. The van der Waals surface area contributed by atoms with E-state index in [2.05, 4.69) is 130 Å². The van der Waals surface area contributed by atoms with Crippen LogP contribution < -0.4 is 16.2 Å². The molecule has 0 radical (unpaired) electrons. The molecule has 0 aliphatic carbocycles. The number of rotatable bonds is 14. The van der Waals surface area contributed by atoms with Crippen LogP contribution in [0, 0.1) is 11.8 Å². The highest BCUT2D eigenvalue weighted by atomic mass is 16.6. The number of nitrogens with zero attached hydrogens (tertiary/aromatic N) is 5. The van der Waals surface area contributed by atoms with E-state index in [0.717, 1.165) is 47.3 Å². The fourth-order valence-electron chi connectivity index (χ4n) is 2.41. The third-order valence-corrected chi connectivity index (χ3v) is 4.97. The molecular formula is C42H86N8O. The van der Waals surface area contributed by atoms with Crippen molar-refractivity contribution in [2.24, 2.45) is 37.0 Å². The maximum absolute atomic E-state index is 4.89. The Labute approximate surface area is 318 Å². The van der Waals surface area contributed by atoms with Crippen molar-refractivity contribution in [3.05, 3.63) is 36.7 Å².